The van der Waals surface area contributed by atoms with Crippen LogP contribution in [-0.2, 0) is 14.3 Å². The van der Waals surface area contributed by atoms with Gasteiger partial charge < -0.3 is 25.4 Å². The highest BCUT2D eigenvalue weighted by Crippen LogP contribution is 2.43. The summed E-state index contributed by atoms with van der Waals surface area (Å²) in [6.07, 6.45) is 7.52. The van der Waals surface area contributed by atoms with Crippen LogP contribution in [0.1, 0.15) is 89.8 Å². The molecule has 2 saturated carbocycles. The molecule has 2 aliphatic rings. The number of para-hydroxylation sites is 1. The quantitative estimate of drug-likeness (QED) is 0.377. The van der Waals surface area contributed by atoms with Crippen LogP contribution >= 0.6 is 11.8 Å². The number of ether oxygens (including phenoxy) is 1. The molecule has 1 aromatic carbocycles. The number of carbonyl (C=O) groups excluding carboxylic acids is 3. The summed E-state index contributed by atoms with van der Waals surface area (Å²) in [5, 5.41) is 17.0. The zero-order chi connectivity index (χ0) is 28.0. The average molecular weight is 548 g/mol. The minimum Gasteiger partial charge on any atom is -0.507 e. The number of aromatic hydroxyl groups is 1. The van der Waals surface area contributed by atoms with Crippen molar-refractivity contribution in [1.82, 2.24) is 15.5 Å². The van der Waals surface area contributed by atoms with E-state index in [1.54, 1.807) is 62.6 Å². The molecule has 3 rings (SSSR count). The molecule has 4 unspecified atom stereocenters. The lowest BCUT2D eigenvalue weighted by Gasteiger charge is -2.36. The molecule has 0 radical (unpaired) electrons. The van der Waals surface area contributed by atoms with Gasteiger partial charge in [-0.15, -0.1) is 0 Å². The lowest BCUT2D eigenvalue weighted by atomic mass is 9.94. The van der Waals surface area contributed by atoms with E-state index in [9.17, 15) is 19.5 Å². The van der Waals surface area contributed by atoms with Gasteiger partial charge in [-0.25, -0.2) is 4.79 Å². The Labute approximate surface area is 231 Å². The Morgan fingerprint density at radius 2 is 1.84 bits per heavy atom. The van der Waals surface area contributed by atoms with Gasteiger partial charge in [-0.2, -0.15) is 11.8 Å². The minimum atomic E-state index is -1.00. The number of phenols is 1. The lowest BCUT2D eigenvalue weighted by molar-refractivity contribution is -0.144. The van der Waals surface area contributed by atoms with Gasteiger partial charge in [-0.3, -0.25) is 9.59 Å². The predicted octanol–water partition coefficient (Wildman–Crippen LogP) is 5.07. The smallest absolute Gasteiger partial charge is 0.408 e. The molecule has 0 bridgehead atoms. The summed E-state index contributed by atoms with van der Waals surface area (Å²) in [5.41, 5.74) is 0.337. The molecule has 212 valence electrons. The van der Waals surface area contributed by atoms with Crippen molar-refractivity contribution in [2.45, 2.75) is 109 Å². The zero-order valence-corrected chi connectivity index (χ0v) is 24.5. The number of nitrogens with one attached hydrogen (secondary N) is 2. The second-order valence-electron chi connectivity index (χ2n) is 11.8. The van der Waals surface area contributed by atoms with Gasteiger partial charge in [-0.05, 0) is 76.9 Å². The van der Waals surface area contributed by atoms with E-state index in [0.717, 1.165) is 38.5 Å². The molecule has 0 saturated heterocycles. The van der Waals surface area contributed by atoms with Crippen LogP contribution in [0.5, 0.6) is 5.75 Å². The van der Waals surface area contributed by atoms with Crippen molar-refractivity contribution in [3.8, 4) is 5.75 Å². The molecular weight excluding hydrogens is 502 g/mol. The first-order valence-corrected chi connectivity index (χ1v) is 15.2. The summed E-state index contributed by atoms with van der Waals surface area (Å²) in [7, 11) is 0. The van der Waals surface area contributed by atoms with Gasteiger partial charge in [0.2, 0.25) is 11.8 Å². The summed E-state index contributed by atoms with van der Waals surface area (Å²) in [5.74, 6) is 0.256. The van der Waals surface area contributed by atoms with Crippen molar-refractivity contribution in [1.29, 1.82) is 0 Å². The first-order valence-electron chi connectivity index (χ1n) is 13.8. The third-order valence-electron chi connectivity index (χ3n) is 7.32. The van der Waals surface area contributed by atoms with E-state index >= 15 is 0 Å². The average Bonchev–Trinajstić information content (AvgIpc) is 3.56. The molecule has 3 amide bonds. The fourth-order valence-electron chi connectivity index (χ4n) is 5.14. The van der Waals surface area contributed by atoms with Crippen molar-refractivity contribution < 1.29 is 24.2 Å². The van der Waals surface area contributed by atoms with E-state index in [-0.39, 0.29) is 35.6 Å². The molecule has 4 atom stereocenters. The number of amides is 3. The van der Waals surface area contributed by atoms with Crippen molar-refractivity contribution in [3.63, 3.8) is 0 Å². The van der Waals surface area contributed by atoms with Crippen molar-refractivity contribution >= 4 is 29.7 Å². The first-order chi connectivity index (χ1) is 17.9. The number of hydrogen-bond donors (Lipinski definition) is 3. The topological polar surface area (TPSA) is 108 Å². The van der Waals surface area contributed by atoms with E-state index in [0.29, 0.717) is 23.3 Å². The zero-order valence-electron chi connectivity index (χ0n) is 23.7. The highest BCUT2D eigenvalue weighted by molar-refractivity contribution is 7.98. The van der Waals surface area contributed by atoms with Crippen LogP contribution in [0.2, 0.25) is 0 Å². The number of aryl methyl sites for hydroxylation is 1. The third kappa shape index (κ3) is 8.04. The van der Waals surface area contributed by atoms with Crippen molar-refractivity contribution in [3.05, 3.63) is 29.3 Å². The fourth-order valence-corrected chi connectivity index (χ4v) is 5.61. The Bertz CT molecular complexity index is 989. The molecule has 2 fully saturated rings. The van der Waals surface area contributed by atoms with E-state index < -0.39 is 23.8 Å². The number of phenolic OH excluding ortho intramolecular Hbond substituents is 1. The van der Waals surface area contributed by atoms with Crippen LogP contribution in [0.4, 0.5) is 4.79 Å². The number of benzene rings is 1. The maximum atomic E-state index is 14.3. The second kappa shape index (κ2) is 13.1. The first kappa shape index (κ1) is 30.1. The summed E-state index contributed by atoms with van der Waals surface area (Å²) >= 11 is 1.58. The highest BCUT2D eigenvalue weighted by atomic mass is 32.2. The Morgan fingerprint density at radius 3 is 2.42 bits per heavy atom. The van der Waals surface area contributed by atoms with Crippen molar-refractivity contribution in [2.75, 3.05) is 12.0 Å². The van der Waals surface area contributed by atoms with Crippen molar-refractivity contribution in [2.24, 2.45) is 5.92 Å². The molecule has 3 N–H and O–H groups in total. The number of carbonyl (C=O) groups is 3. The van der Waals surface area contributed by atoms with Crippen LogP contribution in [-0.4, -0.2) is 63.6 Å². The summed E-state index contributed by atoms with van der Waals surface area (Å²) < 4.78 is 5.46. The van der Waals surface area contributed by atoms with Gasteiger partial charge in [0.25, 0.3) is 0 Å². The molecule has 8 nitrogen and oxygen atoms in total. The molecule has 0 aliphatic heterocycles. The van der Waals surface area contributed by atoms with Gasteiger partial charge in [0.1, 0.15) is 23.4 Å². The number of nitrogens with zero attached hydrogens (tertiary/aromatic N) is 1. The van der Waals surface area contributed by atoms with Crippen LogP contribution in [0.3, 0.4) is 0 Å². The number of rotatable bonds is 10. The van der Waals surface area contributed by atoms with E-state index in [1.807, 2.05) is 6.26 Å². The minimum absolute atomic E-state index is 0.0168. The second-order valence-corrected chi connectivity index (χ2v) is 12.8. The maximum Gasteiger partial charge on any atom is 0.408 e. The molecule has 0 aromatic heterocycles. The molecular formula is C29H45N3O5S. The molecule has 38 heavy (non-hydrogen) atoms. The maximum absolute atomic E-state index is 14.3. The number of hydrogen-bond acceptors (Lipinski definition) is 6. The predicted molar refractivity (Wildman–Crippen MR) is 151 cm³/mol. The summed E-state index contributed by atoms with van der Waals surface area (Å²) in [6, 6.07) is 3.33. The van der Waals surface area contributed by atoms with Gasteiger partial charge >= 0.3 is 6.09 Å². The Kier molecular flexibility index (Phi) is 10.4. The number of alkyl carbamates (subject to hydrolysis) is 1. The lowest BCUT2D eigenvalue weighted by Crippen LogP contribution is -2.55. The molecule has 9 heteroatoms. The fraction of sp³-hybridized carbons (Fsp3) is 0.690. The normalized spacial score (nSPS) is 21.2. The summed E-state index contributed by atoms with van der Waals surface area (Å²) in [6.45, 7) is 9.16. The SMILES string of the molecule is CSCCC(NC(=O)OC(C)(C)C)C(=O)N(C(C(=O)NC1CCCCC1)c1cccc(C)c1O)C1CC1C. The van der Waals surface area contributed by atoms with Crippen LogP contribution in [0, 0.1) is 12.8 Å². The van der Waals surface area contributed by atoms with E-state index in [2.05, 4.69) is 17.6 Å². The van der Waals surface area contributed by atoms with Gasteiger partial charge in [0, 0.05) is 17.6 Å². The third-order valence-corrected chi connectivity index (χ3v) is 7.96. The van der Waals surface area contributed by atoms with Crippen LogP contribution < -0.4 is 10.6 Å². The highest BCUT2D eigenvalue weighted by Gasteiger charge is 2.49. The Balaban J connectivity index is 1.99. The molecule has 2 aliphatic carbocycles. The molecule has 0 heterocycles. The van der Waals surface area contributed by atoms with Crippen LogP contribution in [0.25, 0.3) is 0 Å². The monoisotopic (exact) mass is 547 g/mol. The van der Waals surface area contributed by atoms with Gasteiger partial charge in [0.15, 0.2) is 0 Å². The molecule has 1 aromatic rings. The van der Waals surface area contributed by atoms with E-state index in [4.69, 9.17) is 4.74 Å². The largest absolute Gasteiger partial charge is 0.507 e. The number of thioether (sulfide) groups is 1. The van der Waals surface area contributed by atoms with E-state index in [1.165, 1.54) is 0 Å². The Hall–Kier alpha value is -2.42. The van der Waals surface area contributed by atoms with Gasteiger partial charge in [0.05, 0.1) is 0 Å². The summed E-state index contributed by atoms with van der Waals surface area (Å²) in [4.78, 5) is 42.6. The van der Waals surface area contributed by atoms with Crippen LogP contribution in [0.15, 0.2) is 18.2 Å². The standard InChI is InChI=1S/C29H45N3O5S/c1-18-11-10-14-21(25(18)33)24(26(34)30-20-12-8-7-9-13-20)32(23-17-19(23)2)27(35)22(15-16-38-6)31-28(36)37-29(3,4)5/h10-11,14,19-20,22-24,33H,7-9,12-13,15-17H2,1-6H3,(H,30,34)(H,31,36). The molecule has 0 spiro atoms. The van der Waals surface area contributed by atoms with Gasteiger partial charge in [-0.1, -0.05) is 44.4 Å². The Morgan fingerprint density at radius 1 is 1.18 bits per heavy atom.